The third-order valence-electron chi connectivity index (χ3n) is 3.60. The van der Waals surface area contributed by atoms with Gasteiger partial charge in [-0.1, -0.05) is 40.6 Å². The Hall–Kier alpha value is -1.97. The van der Waals surface area contributed by atoms with E-state index in [2.05, 4.69) is 11.6 Å². The van der Waals surface area contributed by atoms with Crippen LogP contribution >= 0.6 is 34.5 Å². The quantitative estimate of drug-likeness (QED) is 0.626. The first kappa shape index (κ1) is 19.8. The molecule has 3 rings (SSSR count). The second-order valence-electron chi connectivity index (χ2n) is 5.53. The van der Waals surface area contributed by atoms with Gasteiger partial charge in [0, 0.05) is 22.2 Å². The second-order valence-corrected chi connectivity index (χ2v) is 8.98. The number of sulfonamides is 1. The van der Waals surface area contributed by atoms with Crippen molar-refractivity contribution in [2.45, 2.75) is 11.4 Å². The number of halogens is 2. The van der Waals surface area contributed by atoms with Crippen molar-refractivity contribution in [3.8, 4) is 0 Å². The van der Waals surface area contributed by atoms with E-state index in [0.29, 0.717) is 31.6 Å². The Labute approximate surface area is 169 Å². The van der Waals surface area contributed by atoms with E-state index in [-0.39, 0.29) is 10.5 Å². The maximum atomic E-state index is 12.5. The lowest BCUT2D eigenvalue weighted by Crippen LogP contribution is -2.16. The van der Waals surface area contributed by atoms with E-state index in [1.54, 1.807) is 16.7 Å². The molecular weight excluding hydrogens is 429 g/mol. The number of nitrogens with zero attached hydrogens (tertiary/aromatic N) is 2. The minimum absolute atomic E-state index is 0.0125. The molecule has 140 valence electrons. The van der Waals surface area contributed by atoms with Gasteiger partial charge in [0.1, 0.15) is 0 Å². The SMILES string of the molecule is C=CCn1c(=NC(=O)c2cc(Cl)cc(Cl)c2)sc2cc(S(N)(=O)=O)ccc21. The summed E-state index contributed by atoms with van der Waals surface area (Å²) < 4.78 is 25.5. The first-order valence-electron chi connectivity index (χ1n) is 7.51. The third kappa shape index (κ3) is 4.31. The van der Waals surface area contributed by atoms with Gasteiger partial charge in [0.2, 0.25) is 10.0 Å². The van der Waals surface area contributed by atoms with E-state index >= 15 is 0 Å². The van der Waals surface area contributed by atoms with Crippen LogP contribution in [-0.2, 0) is 16.6 Å². The molecule has 2 N–H and O–H groups in total. The van der Waals surface area contributed by atoms with Crippen LogP contribution in [0.15, 0.2) is 58.9 Å². The third-order valence-corrected chi connectivity index (χ3v) is 5.99. The van der Waals surface area contributed by atoms with Crippen molar-refractivity contribution in [1.82, 2.24) is 4.57 Å². The molecule has 0 aliphatic heterocycles. The molecule has 0 aliphatic rings. The zero-order valence-corrected chi connectivity index (χ0v) is 16.9. The van der Waals surface area contributed by atoms with E-state index in [9.17, 15) is 13.2 Å². The molecule has 0 radical (unpaired) electrons. The van der Waals surface area contributed by atoms with Gasteiger partial charge in [-0.2, -0.15) is 4.99 Å². The van der Waals surface area contributed by atoms with Crippen molar-refractivity contribution in [3.05, 3.63) is 69.5 Å². The van der Waals surface area contributed by atoms with Crippen molar-refractivity contribution in [3.63, 3.8) is 0 Å². The Morgan fingerprint density at radius 1 is 1.22 bits per heavy atom. The maximum absolute atomic E-state index is 12.5. The van der Waals surface area contributed by atoms with Gasteiger partial charge in [0.25, 0.3) is 5.91 Å². The molecule has 10 heteroatoms. The van der Waals surface area contributed by atoms with Gasteiger partial charge in [0.15, 0.2) is 4.80 Å². The summed E-state index contributed by atoms with van der Waals surface area (Å²) in [5.74, 6) is -0.518. The number of carbonyl (C=O) groups is 1. The predicted octanol–water partition coefficient (Wildman–Crippen LogP) is 3.58. The number of hydrogen-bond acceptors (Lipinski definition) is 4. The van der Waals surface area contributed by atoms with E-state index < -0.39 is 15.9 Å². The van der Waals surface area contributed by atoms with E-state index in [0.717, 1.165) is 0 Å². The number of rotatable bonds is 4. The number of aromatic nitrogens is 1. The number of allylic oxidation sites excluding steroid dienone is 1. The minimum atomic E-state index is -3.84. The molecule has 0 saturated carbocycles. The summed E-state index contributed by atoms with van der Waals surface area (Å²) in [4.78, 5) is 17.1. The molecule has 2 aromatic carbocycles. The molecule has 1 aromatic heterocycles. The molecule has 0 spiro atoms. The molecule has 27 heavy (non-hydrogen) atoms. The number of thiazole rings is 1. The summed E-state index contributed by atoms with van der Waals surface area (Å²) in [6, 6.07) is 8.95. The van der Waals surface area contributed by atoms with Crippen LogP contribution in [0.4, 0.5) is 0 Å². The predicted molar refractivity (Wildman–Crippen MR) is 108 cm³/mol. The smallest absolute Gasteiger partial charge is 0.279 e. The molecule has 6 nitrogen and oxygen atoms in total. The van der Waals surface area contributed by atoms with Crippen LogP contribution in [0, 0.1) is 0 Å². The summed E-state index contributed by atoms with van der Waals surface area (Å²) >= 11 is 13.0. The minimum Gasteiger partial charge on any atom is -0.312 e. The average Bonchev–Trinajstić information content (AvgIpc) is 2.90. The normalized spacial score (nSPS) is 12.5. The highest BCUT2D eigenvalue weighted by Gasteiger charge is 2.13. The fourth-order valence-corrected chi connectivity index (χ4v) is 4.67. The molecule has 0 atom stereocenters. The van der Waals surface area contributed by atoms with Crippen molar-refractivity contribution in [2.24, 2.45) is 10.1 Å². The van der Waals surface area contributed by atoms with Crippen molar-refractivity contribution in [2.75, 3.05) is 0 Å². The Balaban J connectivity index is 2.19. The maximum Gasteiger partial charge on any atom is 0.279 e. The molecule has 0 saturated heterocycles. The molecule has 0 unspecified atom stereocenters. The number of primary sulfonamides is 1. The first-order chi connectivity index (χ1) is 12.7. The van der Waals surface area contributed by atoms with Gasteiger partial charge < -0.3 is 4.57 Å². The van der Waals surface area contributed by atoms with Crippen LogP contribution in [-0.4, -0.2) is 18.9 Å². The lowest BCUT2D eigenvalue weighted by molar-refractivity contribution is 0.0998. The number of fused-ring (bicyclic) bond motifs is 1. The van der Waals surface area contributed by atoms with Gasteiger partial charge >= 0.3 is 0 Å². The monoisotopic (exact) mass is 441 g/mol. The lowest BCUT2D eigenvalue weighted by atomic mass is 10.2. The van der Waals surface area contributed by atoms with Gasteiger partial charge in [-0.25, -0.2) is 13.6 Å². The Kier molecular flexibility index (Phi) is 5.55. The number of amides is 1. The molecule has 1 heterocycles. The Morgan fingerprint density at radius 3 is 2.48 bits per heavy atom. The fourth-order valence-electron chi connectivity index (χ4n) is 2.45. The Bertz CT molecular complexity index is 1220. The average molecular weight is 442 g/mol. The van der Waals surface area contributed by atoms with Crippen LogP contribution in [0.2, 0.25) is 10.0 Å². The molecular formula is C17H13Cl2N3O3S2. The summed E-state index contributed by atoms with van der Waals surface area (Å²) in [6.07, 6.45) is 1.65. The number of hydrogen-bond donors (Lipinski definition) is 1. The van der Waals surface area contributed by atoms with Crippen molar-refractivity contribution in [1.29, 1.82) is 0 Å². The van der Waals surface area contributed by atoms with E-state index in [1.807, 2.05) is 0 Å². The molecule has 0 aliphatic carbocycles. The Morgan fingerprint density at radius 2 is 1.89 bits per heavy atom. The van der Waals surface area contributed by atoms with Gasteiger partial charge in [-0.05, 0) is 36.4 Å². The number of nitrogens with two attached hydrogens (primary N) is 1. The molecule has 1 amide bonds. The highest BCUT2D eigenvalue weighted by atomic mass is 35.5. The van der Waals surface area contributed by atoms with Gasteiger partial charge in [-0.15, -0.1) is 6.58 Å². The van der Waals surface area contributed by atoms with Crippen molar-refractivity contribution < 1.29 is 13.2 Å². The zero-order chi connectivity index (χ0) is 19.8. The molecule has 0 fully saturated rings. The topological polar surface area (TPSA) is 94.5 Å². The standard InChI is InChI=1S/C17H13Cl2N3O3S2/c1-2-5-22-14-4-3-13(27(20,24)25)9-15(14)26-17(22)21-16(23)10-6-11(18)8-12(19)7-10/h2-4,6-9H,1,5H2,(H2,20,24,25). The number of benzene rings is 2. The zero-order valence-electron chi connectivity index (χ0n) is 13.7. The summed E-state index contributed by atoms with van der Waals surface area (Å²) in [5, 5.41) is 5.84. The summed E-state index contributed by atoms with van der Waals surface area (Å²) in [5.41, 5.74) is 0.961. The molecule has 0 bridgehead atoms. The molecule has 3 aromatic rings. The summed E-state index contributed by atoms with van der Waals surface area (Å²) in [7, 11) is -3.84. The summed E-state index contributed by atoms with van der Waals surface area (Å²) in [6.45, 7) is 4.09. The lowest BCUT2D eigenvalue weighted by Gasteiger charge is -2.02. The van der Waals surface area contributed by atoms with E-state index in [1.165, 1.54) is 41.7 Å². The van der Waals surface area contributed by atoms with Gasteiger partial charge in [-0.3, -0.25) is 4.79 Å². The van der Waals surface area contributed by atoms with E-state index in [4.69, 9.17) is 28.3 Å². The fraction of sp³-hybridized carbons (Fsp3) is 0.0588. The highest BCUT2D eigenvalue weighted by molar-refractivity contribution is 7.89. The van der Waals surface area contributed by atoms with Crippen LogP contribution in [0.25, 0.3) is 10.2 Å². The van der Waals surface area contributed by atoms with Crippen LogP contribution in [0.5, 0.6) is 0 Å². The van der Waals surface area contributed by atoms with Crippen LogP contribution in [0.3, 0.4) is 0 Å². The second kappa shape index (κ2) is 7.57. The number of carbonyl (C=O) groups excluding carboxylic acids is 1. The van der Waals surface area contributed by atoms with Crippen LogP contribution in [0.1, 0.15) is 10.4 Å². The van der Waals surface area contributed by atoms with Crippen LogP contribution < -0.4 is 9.94 Å². The van der Waals surface area contributed by atoms with Gasteiger partial charge in [0.05, 0.1) is 15.1 Å². The highest BCUT2D eigenvalue weighted by Crippen LogP contribution is 2.22. The largest absolute Gasteiger partial charge is 0.312 e. The first-order valence-corrected chi connectivity index (χ1v) is 10.6. The van der Waals surface area contributed by atoms with Crippen molar-refractivity contribution >= 4 is 60.7 Å².